The van der Waals surface area contributed by atoms with Gasteiger partial charge in [-0.3, -0.25) is 11.3 Å². The van der Waals surface area contributed by atoms with E-state index in [1.54, 1.807) is 22.7 Å². The Bertz CT molecular complexity index is 381. The highest BCUT2D eigenvalue weighted by Gasteiger charge is 2.08. The van der Waals surface area contributed by atoms with Crippen molar-refractivity contribution >= 4 is 22.7 Å². The van der Waals surface area contributed by atoms with Crippen LogP contribution in [0.15, 0.2) is 33.7 Å². The summed E-state index contributed by atoms with van der Waals surface area (Å²) in [6, 6.07) is 4.72. The van der Waals surface area contributed by atoms with Crippen molar-refractivity contribution in [2.45, 2.75) is 25.3 Å². The van der Waals surface area contributed by atoms with E-state index in [0.717, 1.165) is 19.3 Å². The average Bonchev–Trinajstić information content (AvgIpc) is 2.97. The van der Waals surface area contributed by atoms with E-state index in [9.17, 15) is 0 Å². The van der Waals surface area contributed by atoms with Crippen LogP contribution in [0.3, 0.4) is 0 Å². The largest absolute Gasteiger partial charge is 0.271 e. The maximum Gasteiger partial charge on any atom is 0.0254 e. The van der Waals surface area contributed by atoms with Gasteiger partial charge in [0.15, 0.2) is 0 Å². The van der Waals surface area contributed by atoms with Gasteiger partial charge in [0, 0.05) is 6.04 Å². The molecule has 0 bridgehead atoms. The Balaban J connectivity index is 1.81. The van der Waals surface area contributed by atoms with Gasteiger partial charge in [0.05, 0.1) is 0 Å². The molecule has 1 unspecified atom stereocenters. The number of thiophene rings is 2. The maximum absolute atomic E-state index is 5.58. The summed E-state index contributed by atoms with van der Waals surface area (Å²) >= 11 is 3.50. The van der Waals surface area contributed by atoms with Crippen LogP contribution in [0.25, 0.3) is 0 Å². The van der Waals surface area contributed by atoms with Crippen LogP contribution in [0.5, 0.6) is 0 Å². The molecule has 1 atom stereocenters. The van der Waals surface area contributed by atoms with Crippen LogP contribution in [0.4, 0.5) is 0 Å². The zero-order chi connectivity index (χ0) is 11.2. The summed E-state index contributed by atoms with van der Waals surface area (Å²) in [5.41, 5.74) is 5.70. The van der Waals surface area contributed by atoms with E-state index in [2.05, 4.69) is 39.1 Å². The third-order valence-electron chi connectivity index (χ3n) is 2.66. The Morgan fingerprint density at radius 1 is 1.12 bits per heavy atom. The zero-order valence-electron chi connectivity index (χ0n) is 9.06. The second-order valence-corrected chi connectivity index (χ2v) is 5.43. The Hall–Kier alpha value is -0.680. The minimum Gasteiger partial charge on any atom is -0.271 e. The number of nitrogens with one attached hydrogen (secondary N) is 1. The van der Waals surface area contributed by atoms with Gasteiger partial charge in [-0.1, -0.05) is 0 Å². The molecule has 0 amide bonds. The van der Waals surface area contributed by atoms with Crippen molar-refractivity contribution < 1.29 is 0 Å². The molecule has 0 aliphatic carbocycles. The van der Waals surface area contributed by atoms with Crippen LogP contribution in [0.2, 0.25) is 0 Å². The second kappa shape index (κ2) is 6.15. The fourth-order valence-corrected chi connectivity index (χ4v) is 3.10. The van der Waals surface area contributed by atoms with Crippen molar-refractivity contribution in [3.8, 4) is 0 Å². The van der Waals surface area contributed by atoms with Crippen molar-refractivity contribution in [3.63, 3.8) is 0 Å². The molecule has 86 valence electrons. The number of hydrogen-bond acceptors (Lipinski definition) is 4. The summed E-state index contributed by atoms with van der Waals surface area (Å²) in [7, 11) is 0. The van der Waals surface area contributed by atoms with E-state index in [4.69, 9.17) is 5.84 Å². The monoisotopic (exact) mass is 252 g/mol. The van der Waals surface area contributed by atoms with Gasteiger partial charge in [0.1, 0.15) is 0 Å². The Kier molecular flexibility index (Phi) is 4.54. The lowest BCUT2D eigenvalue weighted by Crippen LogP contribution is -2.37. The summed E-state index contributed by atoms with van der Waals surface area (Å²) < 4.78 is 0. The van der Waals surface area contributed by atoms with E-state index in [1.807, 2.05) is 0 Å². The van der Waals surface area contributed by atoms with E-state index in [-0.39, 0.29) is 0 Å². The third kappa shape index (κ3) is 3.42. The number of aryl methyl sites for hydroxylation is 1. The Morgan fingerprint density at radius 3 is 2.38 bits per heavy atom. The van der Waals surface area contributed by atoms with Crippen LogP contribution in [0, 0.1) is 0 Å². The Morgan fingerprint density at radius 2 is 1.81 bits per heavy atom. The molecule has 0 aliphatic rings. The van der Waals surface area contributed by atoms with Crippen LogP contribution >= 0.6 is 22.7 Å². The van der Waals surface area contributed by atoms with Gasteiger partial charge in [-0.25, -0.2) is 0 Å². The molecule has 4 heteroatoms. The summed E-state index contributed by atoms with van der Waals surface area (Å²) in [5, 5.41) is 8.63. The van der Waals surface area contributed by atoms with Gasteiger partial charge in [0.25, 0.3) is 0 Å². The molecule has 16 heavy (non-hydrogen) atoms. The molecular formula is C12H16N2S2. The zero-order valence-corrected chi connectivity index (χ0v) is 10.7. The molecule has 0 spiro atoms. The van der Waals surface area contributed by atoms with Crippen LogP contribution < -0.4 is 11.3 Å². The molecule has 2 rings (SSSR count). The summed E-state index contributed by atoms with van der Waals surface area (Å²) in [6.45, 7) is 0. The van der Waals surface area contributed by atoms with Crippen LogP contribution in [0.1, 0.15) is 17.5 Å². The topological polar surface area (TPSA) is 38.0 Å². The van der Waals surface area contributed by atoms with Gasteiger partial charge in [-0.15, -0.1) is 0 Å². The van der Waals surface area contributed by atoms with Crippen molar-refractivity contribution in [1.29, 1.82) is 0 Å². The third-order valence-corrected chi connectivity index (χ3v) is 4.12. The summed E-state index contributed by atoms with van der Waals surface area (Å²) in [4.78, 5) is 0. The van der Waals surface area contributed by atoms with E-state index >= 15 is 0 Å². The predicted molar refractivity (Wildman–Crippen MR) is 71.8 cm³/mol. The fraction of sp³-hybridized carbons (Fsp3) is 0.333. The normalized spacial score (nSPS) is 12.8. The molecule has 2 aromatic rings. The van der Waals surface area contributed by atoms with Crippen LogP contribution in [-0.2, 0) is 12.8 Å². The molecule has 0 fully saturated rings. The smallest absolute Gasteiger partial charge is 0.0254 e. The molecule has 2 nitrogen and oxygen atoms in total. The molecule has 0 radical (unpaired) electrons. The second-order valence-electron chi connectivity index (χ2n) is 3.87. The maximum atomic E-state index is 5.58. The average molecular weight is 252 g/mol. The number of hydrazine groups is 1. The van der Waals surface area contributed by atoms with Crippen molar-refractivity contribution in [3.05, 3.63) is 44.8 Å². The predicted octanol–water partition coefficient (Wildman–Crippen LogP) is 2.82. The first-order valence-electron chi connectivity index (χ1n) is 5.37. The lowest BCUT2D eigenvalue weighted by atomic mass is 10.0. The van der Waals surface area contributed by atoms with Gasteiger partial charge < -0.3 is 0 Å². The molecule has 3 N–H and O–H groups in total. The summed E-state index contributed by atoms with van der Waals surface area (Å²) in [5.74, 6) is 5.58. The number of rotatable bonds is 6. The molecule has 0 aliphatic heterocycles. The standard InChI is InChI=1S/C12H16N2S2/c13-14-12(7-11-4-6-16-9-11)2-1-10-3-5-15-8-10/h3-6,8-9,12,14H,1-2,7,13H2. The highest BCUT2D eigenvalue weighted by Crippen LogP contribution is 2.13. The van der Waals surface area contributed by atoms with Crippen LogP contribution in [-0.4, -0.2) is 6.04 Å². The van der Waals surface area contributed by atoms with Crippen molar-refractivity contribution in [2.24, 2.45) is 5.84 Å². The van der Waals surface area contributed by atoms with Gasteiger partial charge in [0.2, 0.25) is 0 Å². The van der Waals surface area contributed by atoms with Gasteiger partial charge in [-0.05, 0) is 64.0 Å². The molecule has 2 aromatic heterocycles. The minimum atomic E-state index is 0.370. The highest BCUT2D eigenvalue weighted by molar-refractivity contribution is 7.08. The van der Waals surface area contributed by atoms with E-state index in [1.165, 1.54) is 11.1 Å². The quantitative estimate of drug-likeness (QED) is 0.613. The van der Waals surface area contributed by atoms with E-state index in [0.29, 0.717) is 6.04 Å². The first-order chi connectivity index (χ1) is 7.88. The molecule has 0 aromatic carbocycles. The molecular weight excluding hydrogens is 236 g/mol. The SMILES string of the molecule is NNC(CCc1ccsc1)Cc1ccsc1. The molecule has 0 saturated carbocycles. The first kappa shape index (κ1) is 11.8. The molecule has 0 saturated heterocycles. The fourth-order valence-electron chi connectivity index (χ4n) is 1.71. The highest BCUT2D eigenvalue weighted by atomic mass is 32.1. The van der Waals surface area contributed by atoms with Gasteiger partial charge in [-0.2, -0.15) is 22.7 Å². The van der Waals surface area contributed by atoms with E-state index < -0.39 is 0 Å². The number of hydrogen-bond donors (Lipinski definition) is 2. The summed E-state index contributed by atoms with van der Waals surface area (Å²) in [6.07, 6.45) is 3.20. The minimum absolute atomic E-state index is 0.370. The lowest BCUT2D eigenvalue weighted by molar-refractivity contribution is 0.492. The lowest BCUT2D eigenvalue weighted by Gasteiger charge is -2.14. The number of nitrogens with two attached hydrogens (primary N) is 1. The molecule has 2 heterocycles. The van der Waals surface area contributed by atoms with Crippen molar-refractivity contribution in [2.75, 3.05) is 0 Å². The Labute approximate surface area is 104 Å². The first-order valence-corrected chi connectivity index (χ1v) is 7.25. The van der Waals surface area contributed by atoms with Gasteiger partial charge >= 0.3 is 0 Å². The van der Waals surface area contributed by atoms with Crippen molar-refractivity contribution in [1.82, 2.24) is 5.43 Å².